The van der Waals surface area contributed by atoms with Crippen LogP contribution in [0.2, 0.25) is 0 Å². The number of aromatic carboxylic acids is 1. The summed E-state index contributed by atoms with van der Waals surface area (Å²) >= 11 is 1.82. The highest BCUT2D eigenvalue weighted by atomic mass is 32.2. The van der Waals surface area contributed by atoms with Gasteiger partial charge in [0.25, 0.3) is 0 Å². The van der Waals surface area contributed by atoms with Crippen molar-refractivity contribution in [2.75, 3.05) is 36.1 Å². The van der Waals surface area contributed by atoms with Gasteiger partial charge in [0.1, 0.15) is 17.9 Å². The number of pyridine rings is 1. The number of hydrogen-bond acceptors (Lipinski definition) is 5. The van der Waals surface area contributed by atoms with Gasteiger partial charge in [-0.2, -0.15) is 11.8 Å². The number of carbonyl (C=O) groups is 1. The Balaban J connectivity index is 2.06. The summed E-state index contributed by atoms with van der Waals surface area (Å²) in [5.74, 6) is 0.286. The van der Waals surface area contributed by atoms with E-state index in [0.29, 0.717) is 36.6 Å². The molecule has 132 valence electrons. The van der Waals surface area contributed by atoms with Crippen LogP contribution >= 0.6 is 11.8 Å². The molecule has 2 aliphatic rings. The van der Waals surface area contributed by atoms with E-state index in [1.54, 1.807) is 4.57 Å². The molecule has 0 amide bonds. The molecule has 8 heteroatoms. The van der Waals surface area contributed by atoms with Crippen molar-refractivity contribution >= 4 is 34.3 Å². The van der Waals surface area contributed by atoms with Crippen LogP contribution in [0.1, 0.15) is 23.3 Å². The quantitative estimate of drug-likeness (QED) is 0.882. The lowest BCUT2D eigenvalue weighted by Gasteiger charge is -2.34. The zero-order valence-electron chi connectivity index (χ0n) is 13.6. The molecule has 0 bridgehead atoms. The van der Waals surface area contributed by atoms with Gasteiger partial charge in [-0.15, -0.1) is 0 Å². The maximum absolute atomic E-state index is 14.9. The van der Waals surface area contributed by atoms with E-state index in [-0.39, 0.29) is 17.0 Å². The minimum atomic E-state index is -1.31. The highest BCUT2D eigenvalue weighted by Crippen LogP contribution is 2.42. The van der Waals surface area contributed by atoms with Gasteiger partial charge in [0, 0.05) is 30.8 Å². The number of benzene rings is 1. The first-order valence-electron chi connectivity index (χ1n) is 8.09. The van der Waals surface area contributed by atoms with E-state index in [0.717, 1.165) is 17.6 Å². The van der Waals surface area contributed by atoms with E-state index in [2.05, 4.69) is 0 Å². The van der Waals surface area contributed by atoms with Gasteiger partial charge >= 0.3 is 5.97 Å². The summed E-state index contributed by atoms with van der Waals surface area (Å²) in [6, 6.07) is 1.01. The number of aromatic nitrogens is 1. The van der Waals surface area contributed by atoms with Crippen molar-refractivity contribution in [2.45, 2.75) is 13.0 Å². The summed E-state index contributed by atoms with van der Waals surface area (Å²) in [6.45, 7) is 3.58. The van der Waals surface area contributed by atoms with Crippen molar-refractivity contribution < 1.29 is 19.0 Å². The van der Waals surface area contributed by atoms with Gasteiger partial charge in [-0.3, -0.25) is 4.79 Å². The van der Waals surface area contributed by atoms with Crippen LogP contribution < -0.4 is 15.1 Å². The summed E-state index contributed by atoms with van der Waals surface area (Å²) < 4.78 is 22.4. The fourth-order valence-electron chi connectivity index (χ4n) is 3.45. The molecule has 1 atom stereocenters. The minimum absolute atomic E-state index is 0.0501. The molecule has 2 aromatic rings. The second-order valence-corrected chi connectivity index (χ2v) is 7.50. The normalized spacial score (nSPS) is 19.8. The lowest BCUT2D eigenvalue weighted by Crippen LogP contribution is -2.35. The molecule has 0 aliphatic carbocycles. The van der Waals surface area contributed by atoms with Crippen LogP contribution in [0, 0.1) is 5.82 Å². The minimum Gasteiger partial charge on any atom is -0.487 e. The van der Waals surface area contributed by atoms with Gasteiger partial charge in [-0.25, -0.2) is 9.18 Å². The number of ether oxygens (including phenoxy) is 1. The van der Waals surface area contributed by atoms with Crippen molar-refractivity contribution in [1.29, 1.82) is 0 Å². The molecule has 2 aliphatic heterocycles. The Kier molecular flexibility index (Phi) is 3.87. The maximum atomic E-state index is 14.9. The summed E-state index contributed by atoms with van der Waals surface area (Å²) in [7, 11) is 0. The fraction of sp³-hybridized carbons (Fsp3) is 0.412. The Labute approximate surface area is 147 Å². The van der Waals surface area contributed by atoms with Crippen molar-refractivity contribution in [3.8, 4) is 5.75 Å². The molecule has 0 spiro atoms. The maximum Gasteiger partial charge on any atom is 0.341 e. The highest BCUT2D eigenvalue weighted by molar-refractivity contribution is 7.99. The van der Waals surface area contributed by atoms with Crippen molar-refractivity contribution in [2.24, 2.45) is 0 Å². The molecule has 1 saturated heterocycles. The molecule has 3 heterocycles. The largest absolute Gasteiger partial charge is 0.487 e. The molecule has 1 fully saturated rings. The van der Waals surface area contributed by atoms with Crippen LogP contribution in [-0.4, -0.2) is 46.8 Å². The predicted octanol–water partition coefficient (Wildman–Crippen LogP) is 2.35. The molecule has 6 nitrogen and oxygen atoms in total. The van der Waals surface area contributed by atoms with E-state index in [9.17, 15) is 19.1 Å². The smallest absolute Gasteiger partial charge is 0.341 e. The molecule has 1 aromatic heterocycles. The molecule has 1 aromatic carbocycles. The first-order chi connectivity index (χ1) is 12.0. The number of halogens is 1. The first kappa shape index (κ1) is 16.3. The van der Waals surface area contributed by atoms with Gasteiger partial charge in [0.2, 0.25) is 5.43 Å². The molecule has 1 unspecified atom stereocenters. The summed E-state index contributed by atoms with van der Waals surface area (Å²) in [5.41, 5.74) is -0.189. The Morgan fingerprint density at radius 2 is 2.12 bits per heavy atom. The SMILES string of the molecule is CC1COc2c(N3CCSCC3)c(F)cc3c(=O)c(C(=O)O)cn1c23. The lowest BCUT2D eigenvalue weighted by atomic mass is 10.1. The summed E-state index contributed by atoms with van der Waals surface area (Å²) in [6.07, 6.45) is 1.34. The van der Waals surface area contributed by atoms with Crippen LogP contribution in [-0.2, 0) is 0 Å². The van der Waals surface area contributed by atoms with Gasteiger partial charge in [0.05, 0.1) is 16.9 Å². The Morgan fingerprint density at radius 1 is 1.40 bits per heavy atom. The molecular formula is C17H17FN2O4S. The number of nitrogens with zero attached hydrogens (tertiary/aromatic N) is 2. The average Bonchev–Trinajstić information content (AvgIpc) is 2.60. The van der Waals surface area contributed by atoms with E-state index >= 15 is 0 Å². The van der Waals surface area contributed by atoms with Gasteiger partial charge in [-0.05, 0) is 13.0 Å². The van der Waals surface area contributed by atoms with Gasteiger partial charge in [0.15, 0.2) is 11.6 Å². The number of anilines is 1. The van der Waals surface area contributed by atoms with E-state index in [1.807, 2.05) is 23.6 Å². The lowest BCUT2D eigenvalue weighted by molar-refractivity contribution is 0.0694. The first-order valence-corrected chi connectivity index (χ1v) is 9.24. The average molecular weight is 364 g/mol. The molecule has 4 rings (SSSR count). The fourth-order valence-corrected chi connectivity index (χ4v) is 4.35. The Bertz CT molecular complexity index is 937. The highest BCUT2D eigenvalue weighted by Gasteiger charge is 2.30. The van der Waals surface area contributed by atoms with Crippen LogP contribution in [0.5, 0.6) is 5.75 Å². The second-order valence-electron chi connectivity index (χ2n) is 6.28. The molecule has 0 saturated carbocycles. The van der Waals surface area contributed by atoms with E-state index in [1.165, 1.54) is 6.20 Å². The topological polar surface area (TPSA) is 71.8 Å². The molecular weight excluding hydrogens is 347 g/mol. The molecule has 0 radical (unpaired) electrons. The molecule has 1 N–H and O–H groups in total. The standard InChI is InChI=1S/C17H17FN2O4S/c1-9-8-24-16-13-10(15(21)11(17(22)23)7-20(9)13)6-12(18)14(16)19-2-4-25-5-3-19/h6-7,9H,2-5,8H2,1H3,(H,22,23). The number of carboxylic acid groups (broad SMARTS) is 1. The van der Waals surface area contributed by atoms with E-state index in [4.69, 9.17) is 4.74 Å². The Hall–Kier alpha value is -2.22. The second kappa shape index (κ2) is 5.94. The monoisotopic (exact) mass is 364 g/mol. The number of carboxylic acids is 1. The molecule has 25 heavy (non-hydrogen) atoms. The van der Waals surface area contributed by atoms with Gasteiger partial charge in [-0.1, -0.05) is 0 Å². The third-order valence-electron chi connectivity index (χ3n) is 4.70. The van der Waals surface area contributed by atoms with Crippen LogP contribution in [0.25, 0.3) is 10.9 Å². The third kappa shape index (κ3) is 2.47. The van der Waals surface area contributed by atoms with Crippen LogP contribution in [0.3, 0.4) is 0 Å². The van der Waals surface area contributed by atoms with Crippen molar-refractivity contribution in [3.63, 3.8) is 0 Å². The predicted molar refractivity (Wildman–Crippen MR) is 94.9 cm³/mol. The van der Waals surface area contributed by atoms with Gasteiger partial charge < -0.3 is 19.3 Å². The van der Waals surface area contributed by atoms with Crippen LogP contribution in [0.4, 0.5) is 10.1 Å². The summed E-state index contributed by atoms with van der Waals surface area (Å²) in [4.78, 5) is 25.9. The zero-order valence-corrected chi connectivity index (χ0v) is 14.4. The third-order valence-corrected chi connectivity index (χ3v) is 5.64. The number of thioether (sulfide) groups is 1. The number of hydrogen-bond donors (Lipinski definition) is 1. The van der Waals surface area contributed by atoms with Crippen LogP contribution in [0.15, 0.2) is 17.1 Å². The van der Waals surface area contributed by atoms with Crippen molar-refractivity contribution in [3.05, 3.63) is 33.9 Å². The number of rotatable bonds is 2. The Morgan fingerprint density at radius 3 is 2.80 bits per heavy atom. The summed E-state index contributed by atoms with van der Waals surface area (Å²) in [5, 5.41) is 9.35. The van der Waals surface area contributed by atoms with E-state index < -0.39 is 17.2 Å². The zero-order chi connectivity index (χ0) is 17.7. The van der Waals surface area contributed by atoms with Crippen molar-refractivity contribution in [1.82, 2.24) is 4.57 Å².